The van der Waals surface area contributed by atoms with Gasteiger partial charge in [0.15, 0.2) is 0 Å². The minimum absolute atomic E-state index is 0. The molecule has 0 aromatic heterocycles. The van der Waals surface area contributed by atoms with Crippen molar-refractivity contribution in [1.82, 2.24) is 0 Å². The Hall–Kier alpha value is -2.80. The monoisotopic (exact) mass is 628 g/mol. The predicted octanol–water partition coefficient (Wildman–Crippen LogP) is 11.3. The molecule has 0 heterocycles. The van der Waals surface area contributed by atoms with Gasteiger partial charge in [0.2, 0.25) is 0 Å². The Morgan fingerprint density at radius 1 is 0.585 bits per heavy atom. The predicted molar refractivity (Wildman–Crippen MR) is 182 cm³/mol. The molecule has 0 saturated heterocycles. The van der Waals surface area contributed by atoms with Crippen molar-refractivity contribution in [3.8, 4) is 22.3 Å². The van der Waals surface area contributed by atoms with Crippen molar-refractivity contribution in [1.29, 1.82) is 0 Å². The van der Waals surface area contributed by atoms with Crippen LogP contribution >= 0.6 is 0 Å². The molecule has 0 unspecified atom stereocenters. The van der Waals surface area contributed by atoms with E-state index in [1.165, 1.54) is 95.0 Å². The normalized spacial score (nSPS) is 10.2. The van der Waals surface area contributed by atoms with Gasteiger partial charge < -0.3 is 14.9 Å². The molecule has 0 spiro atoms. The number of fused-ring (bicyclic) bond motifs is 2. The fourth-order valence-electron chi connectivity index (χ4n) is 5.21. The summed E-state index contributed by atoms with van der Waals surface area (Å²) in [6, 6.07) is 37.6. The molecule has 2 radical (unpaired) electrons. The Morgan fingerprint density at radius 2 is 1.24 bits per heavy atom. The third kappa shape index (κ3) is 7.73. The molecule has 2 heteroatoms. The van der Waals surface area contributed by atoms with Crippen molar-refractivity contribution in [2.75, 3.05) is 0 Å². The van der Waals surface area contributed by atoms with Crippen LogP contribution in [0.25, 0.3) is 43.8 Å². The second-order valence-electron chi connectivity index (χ2n) is 10.7. The van der Waals surface area contributed by atoms with Gasteiger partial charge in [-0.05, 0) is 42.0 Å². The fourth-order valence-corrected chi connectivity index (χ4v) is 5.21. The van der Waals surface area contributed by atoms with Gasteiger partial charge in [0.1, 0.15) is 0 Å². The SMILES string of the molecule is CC(C)c1cc2c(-c3ccccc3)cccc2[cH-]1.Cc1cc2c(-c3ccc(C)c(C)c3)ccc(C)c2[cH-]1.[CH3-].[CH3-].[Si]=[Zr]. The number of hydrogen-bond acceptors (Lipinski definition) is 0. The first-order valence-electron chi connectivity index (χ1n) is 13.6. The Balaban J connectivity index is 0.000000259. The second kappa shape index (κ2) is 15.4. The van der Waals surface area contributed by atoms with E-state index in [0.29, 0.717) is 5.92 Å². The second-order valence-corrected chi connectivity index (χ2v) is 10.7. The molecule has 6 rings (SSSR count). The van der Waals surface area contributed by atoms with Gasteiger partial charge in [-0.3, -0.25) is 0 Å². The third-order valence-electron chi connectivity index (χ3n) is 7.59. The van der Waals surface area contributed by atoms with Crippen LogP contribution in [0.1, 0.15) is 47.6 Å². The molecule has 0 atom stereocenters. The van der Waals surface area contributed by atoms with Crippen molar-refractivity contribution >= 4 is 28.4 Å². The molecular formula is C39H42SiZr-4. The molecule has 0 aliphatic rings. The zero-order chi connectivity index (χ0) is 28.1. The summed E-state index contributed by atoms with van der Waals surface area (Å²) in [5.74, 6) is 0.584. The van der Waals surface area contributed by atoms with Gasteiger partial charge in [0.05, 0.1) is 0 Å². The van der Waals surface area contributed by atoms with E-state index in [9.17, 15) is 0 Å². The van der Waals surface area contributed by atoms with Crippen molar-refractivity contribution in [2.45, 2.75) is 47.5 Å². The molecule has 6 aromatic carbocycles. The molecule has 0 bridgehead atoms. The number of hydrogen-bond donors (Lipinski definition) is 0. The first-order valence-corrected chi connectivity index (χ1v) is 17.7. The van der Waals surface area contributed by atoms with Crippen molar-refractivity contribution in [2.24, 2.45) is 0 Å². The summed E-state index contributed by atoms with van der Waals surface area (Å²) in [7, 11) is 0. The molecule has 0 aliphatic heterocycles. The van der Waals surface area contributed by atoms with E-state index in [2.05, 4.69) is 152 Å². The van der Waals surface area contributed by atoms with Crippen LogP contribution in [0, 0.1) is 42.5 Å². The Morgan fingerprint density at radius 3 is 1.90 bits per heavy atom. The quantitative estimate of drug-likeness (QED) is 0.135. The maximum atomic E-state index is 3.06. The summed E-state index contributed by atoms with van der Waals surface area (Å²) in [4.78, 5) is 0. The Kier molecular flexibility index (Phi) is 13.0. The maximum absolute atomic E-state index is 3.06. The first kappa shape index (κ1) is 34.4. The minimum atomic E-state index is 0. The van der Waals surface area contributed by atoms with E-state index >= 15 is 0 Å². The van der Waals surface area contributed by atoms with Crippen LogP contribution in [0.4, 0.5) is 0 Å². The van der Waals surface area contributed by atoms with E-state index in [0.717, 1.165) is 0 Å². The summed E-state index contributed by atoms with van der Waals surface area (Å²) in [5.41, 5.74) is 12.1. The standard InChI is InChI=1S/C19H19.C18H17.2CH3.Si.Zr/c1-12-9-18-14(3)6-8-17(19(18)10-12)16-7-5-13(2)15(4)11-16;1-13(2)16-11-15-9-6-10-17(18(15)12-16)14-7-4-3-5-8-14;;;;/h5-11H,1-4H3;3-13H,1-2H3;2*1H3;;/q4*-1;;. The van der Waals surface area contributed by atoms with Crippen molar-refractivity contribution in [3.05, 3.63) is 146 Å². The van der Waals surface area contributed by atoms with Crippen LogP contribution in [0.5, 0.6) is 0 Å². The molecule has 6 aromatic rings. The topological polar surface area (TPSA) is 0 Å². The Labute approximate surface area is 265 Å². The van der Waals surface area contributed by atoms with Gasteiger partial charge in [-0.1, -0.05) is 99.5 Å². The summed E-state index contributed by atoms with van der Waals surface area (Å²) in [6.45, 7) is 16.3. The molecule has 0 nitrogen and oxygen atoms in total. The zero-order valence-corrected chi connectivity index (χ0v) is 29.4. The Bertz CT molecular complexity index is 1700. The number of benzene rings is 4. The van der Waals surface area contributed by atoms with Crippen LogP contribution in [0.15, 0.2) is 103 Å². The van der Waals surface area contributed by atoms with E-state index in [-0.39, 0.29) is 14.9 Å². The van der Waals surface area contributed by atoms with Crippen molar-refractivity contribution in [3.63, 3.8) is 0 Å². The van der Waals surface area contributed by atoms with Crippen LogP contribution in [0.2, 0.25) is 0 Å². The summed E-state index contributed by atoms with van der Waals surface area (Å²) >= 11 is 1.36. The zero-order valence-electron chi connectivity index (χ0n) is 25.9. The molecule has 0 fully saturated rings. The van der Waals surface area contributed by atoms with Crippen LogP contribution in [0.3, 0.4) is 0 Å². The van der Waals surface area contributed by atoms with Crippen molar-refractivity contribution < 1.29 is 23.3 Å². The molecule has 0 N–H and O–H groups in total. The number of rotatable bonds is 3. The fraction of sp³-hybridized carbons (Fsp3) is 0.179. The van der Waals surface area contributed by atoms with Crippen LogP contribution in [-0.4, -0.2) is 6.88 Å². The number of aryl methyl sites for hydroxylation is 4. The summed E-state index contributed by atoms with van der Waals surface area (Å²) < 4.78 is 0. The molecular weight excluding hydrogens is 588 g/mol. The molecule has 0 saturated carbocycles. The summed E-state index contributed by atoms with van der Waals surface area (Å²) in [5, 5.41) is 5.47. The molecule has 0 amide bonds. The van der Waals surface area contributed by atoms with Crippen LogP contribution in [-0.2, 0) is 23.3 Å². The van der Waals surface area contributed by atoms with E-state index < -0.39 is 0 Å². The van der Waals surface area contributed by atoms with Gasteiger partial charge in [-0.15, -0.1) is 68.6 Å². The van der Waals surface area contributed by atoms with Crippen LogP contribution < -0.4 is 0 Å². The van der Waals surface area contributed by atoms with E-state index in [1.807, 2.05) is 0 Å². The summed E-state index contributed by atoms with van der Waals surface area (Å²) in [6.07, 6.45) is 0. The van der Waals surface area contributed by atoms with Gasteiger partial charge in [-0.25, -0.2) is 0 Å². The van der Waals surface area contributed by atoms with Gasteiger partial charge in [0, 0.05) is 0 Å². The van der Waals surface area contributed by atoms with E-state index in [4.69, 9.17) is 0 Å². The molecule has 41 heavy (non-hydrogen) atoms. The molecule has 0 aliphatic carbocycles. The van der Waals surface area contributed by atoms with Gasteiger partial charge in [-0.2, -0.15) is 12.1 Å². The average Bonchev–Trinajstić information content (AvgIpc) is 3.57. The first-order chi connectivity index (χ1) is 18.8. The molecule has 210 valence electrons. The average molecular weight is 630 g/mol. The third-order valence-corrected chi connectivity index (χ3v) is 7.59. The van der Waals surface area contributed by atoms with Gasteiger partial charge in [0.25, 0.3) is 0 Å². The van der Waals surface area contributed by atoms with E-state index in [1.54, 1.807) is 0 Å². The van der Waals surface area contributed by atoms with Gasteiger partial charge >= 0.3 is 30.2 Å².